The standard InChI is InChI=1S/C28H33N7/c1-21-9-5-8-14-26(21)35(20-29)28(30)34-16-15-33(19-23(34)17-22-10-3-2-4-11-22)27-18-31-24-12-6-7-13-25(24)32-27/h5-9,12-14,18,22-23,30H,2-4,10-11,15-17,19H2,1H3. The molecule has 180 valence electrons. The molecule has 0 spiro atoms. The predicted octanol–water partition coefficient (Wildman–Crippen LogP) is 5.32. The minimum atomic E-state index is 0.146. The lowest BCUT2D eigenvalue weighted by molar-refractivity contribution is 0.209. The summed E-state index contributed by atoms with van der Waals surface area (Å²) in [7, 11) is 0. The van der Waals surface area contributed by atoms with Gasteiger partial charge < -0.3 is 9.80 Å². The van der Waals surface area contributed by atoms with Gasteiger partial charge in [0.15, 0.2) is 6.19 Å². The van der Waals surface area contributed by atoms with Crippen LogP contribution in [0.3, 0.4) is 0 Å². The number of hydrogen-bond donors (Lipinski definition) is 1. The van der Waals surface area contributed by atoms with Gasteiger partial charge in [-0.25, -0.2) is 9.88 Å². The molecule has 0 amide bonds. The molecule has 7 nitrogen and oxygen atoms in total. The van der Waals surface area contributed by atoms with E-state index in [-0.39, 0.29) is 12.0 Å². The maximum absolute atomic E-state index is 10.0. The van der Waals surface area contributed by atoms with Crippen LogP contribution in [0, 0.1) is 29.7 Å². The highest BCUT2D eigenvalue weighted by molar-refractivity contribution is 5.97. The minimum absolute atomic E-state index is 0.146. The molecule has 1 aliphatic heterocycles. The third-order valence-electron chi connectivity index (χ3n) is 7.51. The number of piperazine rings is 1. The Hall–Kier alpha value is -3.66. The van der Waals surface area contributed by atoms with Crippen LogP contribution in [0.1, 0.15) is 44.1 Å². The van der Waals surface area contributed by atoms with Crippen molar-refractivity contribution < 1.29 is 0 Å². The van der Waals surface area contributed by atoms with Crippen LogP contribution in [-0.4, -0.2) is 46.5 Å². The number of guanidine groups is 1. The van der Waals surface area contributed by atoms with Crippen LogP contribution in [-0.2, 0) is 0 Å². The maximum Gasteiger partial charge on any atom is 0.212 e. The van der Waals surface area contributed by atoms with Crippen LogP contribution in [0.4, 0.5) is 11.5 Å². The van der Waals surface area contributed by atoms with E-state index in [1.165, 1.54) is 37.0 Å². The highest BCUT2D eigenvalue weighted by Crippen LogP contribution is 2.31. The second-order valence-electron chi connectivity index (χ2n) is 9.80. The van der Waals surface area contributed by atoms with E-state index >= 15 is 0 Å². The number of nitrogens with zero attached hydrogens (tertiary/aromatic N) is 6. The van der Waals surface area contributed by atoms with Gasteiger partial charge >= 0.3 is 0 Å². The fourth-order valence-corrected chi connectivity index (χ4v) is 5.61. The summed E-state index contributed by atoms with van der Waals surface area (Å²) in [6.07, 6.45) is 11.6. The molecule has 1 unspecified atom stereocenters. The van der Waals surface area contributed by atoms with Gasteiger partial charge in [-0.2, -0.15) is 5.26 Å². The van der Waals surface area contributed by atoms with Crippen LogP contribution >= 0.6 is 0 Å². The molecule has 1 atom stereocenters. The Balaban J connectivity index is 1.41. The normalized spacial score (nSPS) is 18.9. The third kappa shape index (κ3) is 4.93. The minimum Gasteiger partial charge on any atom is -0.351 e. The number of rotatable bonds is 4. The van der Waals surface area contributed by atoms with Crippen LogP contribution in [0.25, 0.3) is 11.0 Å². The second kappa shape index (κ2) is 10.3. The van der Waals surface area contributed by atoms with Gasteiger partial charge in [-0.15, -0.1) is 0 Å². The lowest BCUT2D eigenvalue weighted by Gasteiger charge is -2.45. The second-order valence-corrected chi connectivity index (χ2v) is 9.80. The quantitative estimate of drug-likeness (QED) is 0.242. The summed E-state index contributed by atoms with van der Waals surface area (Å²) in [5.74, 6) is 1.83. The van der Waals surface area contributed by atoms with Gasteiger partial charge in [-0.1, -0.05) is 62.4 Å². The largest absolute Gasteiger partial charge is 0.351 e. The molecule has 35 heavy (non-hydrogen) atoms. The Morgan fingerprint density at radius 2 is 1.80 bits per heavy atom. The van der Waals surface area contributed by atoms with Gasteiger partial charge in [-0.05, 0) is 43.0 Å². The van der Waals surface area contributed by atoms with Crippen molar-refractivity contribution in [2.75, 3.05) is 29.4 Å². The van der Waals surface area contributed by atoms with E-state index in [4.69, 9.17) is 10.4 Å². The van der Waals surface area contributed by atoms with Crippen molar-refractivity contribution >= 4 is 28.5 Å². The number of hydrogen-bond acceptors (Lipinski definition) is 5. The van der Waals surface area contributed by atoms with Crippen molar-refractivity contribution in [1.29, 1.82) is 10.7 Å². The molecule has 1 N–H and O–H groups in total. The lowest BCUT2D eigenvalue weighted by atomic mass is 9.84. The Morgan fingerprint density at radius 3 is 2.57 bits per heavy atom. The number of benzene rings is 2. The summed E-state index contributed by atoms with van der Waals surface area (Å²) in [5, 5.41) is 19.1. The van der Waals surface area contributed by atoms with Gasteiger partial charge in [0.25, 0.3) is 0 Å². The van der Waals surface area contributed by atoms with E-state index in [9.17, 15) is 5.26 Å². The van der Waals surface area contributed by atoms with Crippen molar-refractivity contribution in [2.45, 2.75) is 51.5 Å². The molecule has 1 aromatic heterocycles. The Kier molecular flexibility index (Phi) is 6.80. The fourth-order valence-electron chi connectivity index (χ4n) is 5.61. The van der Waals surface area contributed by atoms with E-state index in [2.05, 4.69) is 21.0 Å². The molecule has 2 aliphatic rings. The first-order valence-corrected chi connectivity index (χ1v) is 12.7. The van der Waals surface area contributed by atoms with Crippen molar-refractivity contribution in [2.24, 2.45) is 5.92 Å². The molecule has 0 radical (unpaired) electrons. The molecular weight excluding hydrogens is 434 g/mol. The maximum atomic E-state index is 10.0. The van der Waals surface area contributed by atoms with E-state index in [0.717, 1.165) is 47.6 Å². The van der Waals surface area contributed by atoms with E-state index in [0.29, 0.717) is 12.5 Å². The molecule has 0 bridgehead atoms. The average molecular weight is 468 g/mol. The molecular formula is C28H33N7. The van der Waals surface area contributed by atoms with Crippen molar-refractivity contribution in [1.82, 2.24) is 14.9 Å². The Bertz CT molecular complexity index is 1230. The smallest absolute Gasteiger partial charge is 0.212 e. The number of aromatic nitrogens is 2. The molecule has 1 saturated heterocycles. The fraction of sp³-hybridized carbons (Fsp3) is 0.429. The molecule has 5 rings (SSSR count). The zero-order valence-electron chi connectivity index (χ0n) is 20.4. The number of fused-ring (bicyclic) bond motifs is 1. The molecule has 1 aliphatic carbocycles. The first kappa shape index (κ1) is 23.1. The molecule has 2 aromatic carbocycles. The van der Waals surface area contributed by atoms with Gasteiger partial charge in [0.05, 0.1) is 22.9 Å². The summed E-state index contributed by atoms with van der Waals surface area (Å²) < 4.78 is 0. The monoisotopic (exact) mass is 467 g/mol. The first-order valence-electron chi connectivity index (χ1n) is 12.7. The zero-order valence-corrected chi connectivity index (χ0v) is 20.4. The van der Waals surface area contributed by atoms with Crippen LogP contribution < -0.4 is 9.80 Å². The summed E-state index contributed by atoms with van der Waals surface area (Å²) in [5.41, 5.74) is 3.57. The lowest BCUT2D eigenvalue weighted by Crippen LogP contribution is -2.59. The van der Waals surface area contributed by atoms with Gasteiger partial charge in [-0.3, -0.25) is 10.4 Å². The van der Waals surface area contributed by atoms with E-state index < -0.39 is 0 Å². The molecule has 3 aromatic rings. The average Bonchev–Trinajstić information content (AvgIpc) is 2.90. The number of para-hydroxylation sites is 3. The number of aryl methyl sites for hydroxylation is 1. The Morgan fingerprint density at radius 1 is 1.06 bits per heavy atom. The summed E-state index contributed by atoms with van der Waals surface area (Å²) >= 11 is 0. The van der Waals surface area contributed by atoms with Gasteiger partial charge in [0.1, 0.15) is 5.82 Å². The number of anilines is 2. The highest BCUT2D eigenvalue weighted by atomic mass is 15.4. The molecule has 1 saturated carbocycles. The van der Waals surface area contributed by atoms with Crippen LogP contribution in [0.5, 0.6) is 0 Å². The third-order valence-corrected chi connectivity index (χ3v) is 7.51. The summed E-state index contributed by atoms with van der Waals surface area (Å²) in [4.78, 5) is 15.5. The van der Waals surface area contributed by atoms with E-state index in [1.54, 1.807) is 0 Å². The van der Waals surface area contributed by atoms with Crippen LogP contribution in [0.2, 0.25) is 0 Å². The van der Waals surface area contributed by atoms with Crippen LogP contribution in [0.15, 0.2) is 54.7 Å². The van der Waals surface area contributed by atoms with Gasteiger partial charge in [0.2, 0.25) is 5.96 Å². The molecule has 7 heteroatoms. The van der Waals surface area contributed by atoms with Crippen molar-refractivity contribution in [3.05, 3.63) is 60.3 Å². The Labute approximate surface area is 207 Å². The number of nitriles is 1. The first-order chi connectivity index (χ1) is 17.1. The summed E-state index contributed by atoms with van der Waals surface area (Å²) in [6, 6.07) is 15.9. The highest BCUT2D eigenvalue weighted by Gasteiger charge is 2.34. The summed E-state index contributed by atoms with van der Waals surface area (Å²) in [6.45, 7) is 4.18. The molecule has 2 fully saturated rings. The molecule has 2 heterocycles. The SMILES string of the molecule is Cc1ccccc1N(C#N)C(=N)N1CCN(c2cnc3ccccc3n2)CC1CC1CCCCC1. The van der Waals surface area contributed by atoms with Gasteiger partial charge in [0, 0.05) is 25.7 Å². The topological polar surface area (TPSA) is 83.1 Å². The zero-order chi connectivity index (χ0) is 24.2. The predicted molar refractivity (Wildman–Crippen MR) is 140 cm³/mol. The van der Waals surface area contributed by atoms with Crippen molar-refractivity contribution in [3.63, 3.8) is 0 Å². The van der Waals surface area contributed by atoms with E-state index in [1.807, 2.05) is 61.7 Å². The number of nitrogens with one attached hydrogen (secondary N) is 1. The van der Waals surface area contributed by atoms with Crippen molar-refractivity contribution in [3.8, 4) is 6.19 Å².